The largest absolute Gasteiger partial charge is 0.473 e. The fourth-order valence-corrected chi connectivity index (χ4v) is 2.44. The van der Waals surface area contributed by atoms with Gasteiger partial charge in [0.25, 0.3) is 0 Å². The predicted molar refractivity (Wildman–Crippen MR) is 87.2 cm³/mol. The van der Waals surface area contributed by atoms with Crippen molar-refractivity contribution in [3.63, 3.8) is 0 Å². The minimum Gasteiger partial charge on any atom is -0.473 e. The minimum atomic E-state index is -0.191. The van der Waals surface area contributed by atoms with Gasteiger partial charge in [0.1, 0.15) is 5.75 Å². The predicted octanol–water partition coefficient (Wildman–Crippen LogP) is 0.790. The molecule has 22 heavy (non-hydrogen) atoms. The summed E-state index contributed by atoms with van der Waals surface area (Å²) in [5.74, 6) is 0.825. The Morgan fingerprint density at radius 2 is 2.05 bits per heavy atom. The number of carbonyl (C=O) groups is 1. The smallest absolute Gasteiger partial charge is 0.317 e. The second-order valence-corrected chi connectivity index (χ2v) is 5.27. The molecule has 2 amide bonds. The van der Waals surface area contributed by atoms with E-state index >= 15 is 0 Å². The molecule has 0 saturated carbocycles. The van der Waals surface area contributed by atoms with Crippen molar-refractivity contribution in [2.24, 2.45) is 0 Å². The van der Waals surface area contributed by atoms with Gasteiger partial charge in [-0.25, -0.2) is 4.79 Å². The van der Waals surface area contributed by atoms with Crippen molar-refractivity contribution in [3.8, 4) is 5.75 Å². The Balaban J connectivity index is 1.59. The second-order valence-electron chi connectivity index (χ2n) is 5.27. The lowest BCUT2D eigenvalue weighted by molar-refractivity contribution is 0.215. The zero-order chi connectivity index (χ0) is 15.6. The van der Waals surface area contributed by atoms with Crippen LogP contribution < -0.4 is 20.7 Å². The average Bonchev–Trinajstić information content (AvgIpc) is 2.56. The second kappa shape index (κ2) is 9.27. The molecule has 3 N–H and O–H groups in total. The highest BCUT2D eigenvalue weighted by Crippen LogP contribution is 2.17. The summed E-state index contributed by atoms with van der Waals surface area (Å²) in [5.41, 5.74) is 1.14. The van der Waals surface area contributed by atoms with Crippen molar-refractivity contribution in [1.82, 2.24) is 20.9 Å². The van der Waals surface area contributed by atoms with E-state index in [4.69, 9.17) is 4.74 Å². The van der Waals surface area contributed by atoms with Crippen LogP contribution in [-0.2, 0) is 6.42 Å². The van der Waals surface area contributed by atoms with E-state index in [1.165, 1.54) is 0 Å². The standard InChI is InChI=1S/C16H26N4O2/c1-2-14-5-3-4-6-15(14)22-13-19-16(21)18-9-12-20-10-7-17-8-11-20/h3-6,17H,2,7-13H2,1H3,(H2,18,19,21). The number of rotatable bonds is 7. The molecule has 1 fully saturated rings. The van der Waals surface area contributed by atoms with Crippen molar-refractivity contribution < 1.29 is 9.53 Å². The van der Waals surface area contributed by atoms with Crippen LogP contribution in [0.4, 0.5) is 4.79 Å². The van der Waals surface area contributed by atoms with E-state index < -0.39 is 0 Å². The minimum absolute atomic E-state index is 0.177. The van der Waals surface area contributed by atoms with Gasteiger partial charge in [-0.15, -0.1) is 0 Å². The Kier molecular flexibility index (Phi) is 6.99. The molecule has 2 rings (SSSR count). The number of nitrogens with one attached hydrogen (secondary N) is 3. The molecule has 0 radical (unpaired) electrons. The summed E-state index contributed by atoms with van der Waals surface area (Å²) in [6, 6.07) is 7.68. The molecule has 1 aromatic carbocycles. The summed E-state index contributed by atoms with van der Waals surface area (Å²) in [6.07, 6.45) is 0.910. The highest BCUT2D eigenvalue weighted by atomic mass is 16.5. The zero-order valence-electron chi connectivity index (χ0n) is 13.2. The molecule has 1 aromatic rings. The summed E-state index contributed by atoms with van der Waals surface area (Å²) in [5, 5.41) is 8.88. The van der Waals surface area contributed by atoms with Gasteiger partial charge in [-0.1, -0.05) is 25.1 Å². The van der Waals surface area contributed by atoms with E-state index in [1.807, 2.05) is 24.3 Å². The van der Waals surface area contributed by atoms with Gasteiger partial charge in [-0.05, 0) is 18.1 Å². The number of hydrogen-bond acceptors (Lipinski definition) is 4. The highest BCUT2D eigenvalue weighted by Gasteiger charge is 2.09. The lowest BCUT2D eigenvalue weighted by atomic mass is 10.1. The number of aryl methyl sites for hydroxylation is 1. The van der Waals surface area contributed by atoms with Crippen LogP contribution in [0.1, 0.15) is 12.5 Å². The maximum atomic E-state index is 11.7. The van der Waals surface area contributed by atoms with Crippen LogP contribution in [0.5, 0.6) is 5.75 Å². The van der Waals surface area contributed by atoms with Gasteiger partial charge < -0.3 is 20.7 Å². The number of urea groups is 1. The Morgan fingerprint density at radius 3 is 2.82 bits per heavy atom. The molecule has 0 bridgehead atoms. The lowest BCUT2D eigenvalue weighted by Crippen LogP contribution is -2.47. The zero-order valence-corrected chi connectivity index (χ0v) is 13.2. The maximum absolute atomic E-state index is 11.7. The van der Waals surface area contributed by atoms with E-state index in [0.717, 1.165) is 50.5 Å². The number of amides is 2. The molecule has 1 aliphatic heterocycles. The van der Waals surface area contributed by atoms with Crippen LogP contribution in [-0.4, -0.2) is 56.9 Å². The van der Waals surface area contributed by atoms with E-state index in [2.05, 4.69) is 27.8 Å². The number of ether oxygens (including phenoxy) is 1. The van der Waals surface area contributed by atoms with Gasteiger partial charge in [-0.2, -0.15) is 0 Å². The van der Waals surface area contributed by atoms with E-state index in [1.54, 1.807) is 0 Å². The van der Waals surface area contributed by atoms with Gasteiger partial charge in [0, 0.05) is 39.3 Å². The number of benzene rings is 1. The monoisotopic (exact) mass is 306 g/mol. The third-order valence-corrected chi connectivity index (χ3v) is 3.74. The first-order chi connectivity index (χ1) is 10.8. The van der Waals surface area contributed by atoms with E-state index in [-0.39, 0.29) is 12.8 Å². The molecule has 1 saturated heterocycles. The molecular formula is C16H26N4O2. The molecule has 0 unspecified atom stereocenters. The first-order valence-electron chi connectivity index (χ1n) is 7.95. The maximum Gasteiger partial charge on any atom is 0.317 e. The molecular weight excluding hydrogens is 280 g/mol. The molecule has 1 aliphatic rings. The number of piperazine rings is 1. The van der Waals surface area contributed by atoms with Gasteiger partial charge in [0.2, 0.25) is 0 Å². The van der Waals surface area contributed by atoms with Crippen molar-refractivity contribution in [2.45, 2.75) is 13.3 Å². The summed E-state index contributed by atoms with van der Waals surface area (Å²) in [6.45, 7) is 7.93. The molecule has 1 heterocycles. The van der Waals surface area contributed by atoms with Crippen molar-refractivity contribution in [2.75, 3.05) is 46.0 Å². The molecule has 6 nitrogen and oxygen atoms in total. The van der Waals surface area contributed by atoms with Gasteiger partial charge in [-0.3, -0.25) is 4.90 Å². The quantitative estimate of drug-likeness (QED) is 0.652. The van der Waals surface area contributed by atoms with Crippen LogP contribution in [0.3, 0.4) is 0 Å². The first kappa shape index (κ1) is 16.6. The van der Waals surface area contributed by atoms with Crippen molar-refractivity contribution in [1.29, 1.82) is 0 Å². The van der Waals surface area contributed by atoms with Crippen LogP contribution in [0.15, 0.2) is 24.3 Å². The highest BCUT2D eigenvalue weighted by molar-refractivity contribution is 5.73. The van der Waals surface area contributed by atoms with Gasteiger partial charge in [0.15, 0.2) is 6.73 Å². The van der Waals surface area contributed by atoms with Crippen molar-refractivity contribution >= 4 is 6.03 Å². The normalized spacial score (nSPS) is 15.3. The van der Waals surface area contributed by atoms with E-state index in [0.29, 0.717) is 6.54 Å². The number of nitrogens with zero attached hydrogens (tertiary/aromatic N) is 1. The van der Waals surface area contributed by atoms with Crippen molar-refractivity contribution in [3.05, 3.63) is 29.8 Å². The Bertz CT molecular complexity index is 461. The molecule has 0 aromatic heterocycles. The molecule has 0 atom stereocenters. The van der Waals surface area contributed by atoms with Crippen LogP contribution in [0.2, 0.25) is 0 Å². The van der Waals surface area contributed by atoms with Gasteiger partial charge in [0.05, 0.1) is 0 Å². The third kappa shape index (κ3) is 5.54. The fraction of sp³-hybridized carbons (Fsp3) is 0.562. The summed E-state index contributed by atoms with van der Waals surface area (Å²) >= 11 is 0. The van der Waals surface area contributed by atoms with Crippen LogP contribution in [0, 0.1) is 0 Å². The Morgan fingerprint density at radius 1 is 1.27 bits per heavy atom. The summed E-state index contributed by atoms with van der Waals surface area (Å²) in [4.78, 5) is 14.0. The molecule has 0 aliphatic carbocycles. The third-order valence-electron chi connectivity index (χ3n) is 3.74. The lowest BCUT2D eigenvalue weighted by Gasteiger charge is -2.27. The number of hydrogen-bond donors (Lipinski definition) is 3. The Labute approximate surface area is 132 Å². The van der Waals surface area contributed by atoms with Crippen LogP contribution in [0.25, 0.3) is 0 Å². The topological polar surface area (TPSA) is 65.6 Å². The average molecular weight is 306 g/mol. The Hall–Kier alpha value is -1.79. The number of para-hydroxylation sites is 1. The molecule has 6 heteroatoms. The number of carbonyl (C=O) groups excluding carboxylic acids is 1. The molecule has 0 spiro atoms. The van der Waals surface area contributed by atoms with E-state index in [9.17, 15) is 4.79 Å². The first-order valence-corrected chi connectivity index (χ1v) is 7.95. The fourth-order valence-electron chi connectivity index (χ4n) is 2.44. The van der Waals surface area contributed by atoms with Crippen LogP contribution >= 0.6 is 0 Å². The van der Waals surface area contributed by atoms with Gasteiger partial charge >= 0.3 is 6.03 Å². The SMILES string of the molecule is CCc1ccccc1OCNC(=O)NCCN1CCNCC1. The molecule has 122 valence electrons. The summed E-state index contributed by atoms with van der Waals surface area (Å²) < 4.78 is 5.60. The summed E-state index contributed by atoms with van der Waals surface area (Å²) in [7, 11) is 0.